The van der Waals surface area contributed by atoms with Crippen molar-refractivity contribution in [3.8, 4) is 0 Å². The second kappa shape index (κ2) is 7.72. The Labute approximate surface area is 148 Å². The number of benzene rings is 2. The monoisotopic (exact) mass is 370 g/mol. The molecule has 1 unspecified atom stereocenters. The molecule has 0 saturated carbocycles. The van der Waals surface area contributed by atoms with E-state index in [1.165, 1.54) is 24.3 Å². The highest BCUT2D eigenvalue weighted by atomic mass is 19.4. The van der Waals surface area contributed by atoms with E-state index in [1.54, 1.807) is 0 Å². The van der Waals surface area contributed by atoms with Gasteiger partial charge in [-0.15, -0.1) is 0 Å². The Morgan fingerprint density at radius 2 is 1.65 bits per heavy atom. The Hall–Kier alpha value is -1.99. The number of hydrogen-bond donors (Lipinski definition) is 1. The van der Waals surface area contributed by atoms with Gasteiger partial charge in [0.1, 0.15) is 11.6 Å². The van der Waals surface area contributed by atoms with E-state index in [0.717, 1.165) is 31.2 Å². The van der Waals surface area contributed by atoms with Crippen LogP contribution in [0, 0.1) is 11.6 Å². The van der Waals surface area contributed by atoms with Crippen molar-refractivity contribution in [1.29, 1.82) is 0 Å². The van der Waals surface area contributed by atoms with Crippen LogP contribution in [0.2, 0.25) is 0 Å². The van der Waals surface area contributed by atoms with Gasteiger partial charge in [0.15, 0.2) is 0 Å². The molecule has 0 amide bonds. The summed E-state index contributed by atoms with van der Waals surface area (Å²) in [6, 6.07) is 7.51. The molecule has 1 aliphatic heterocycles. The summed E-state index contributed by atoms with van der Waals surface area (Å²) in [7, 11) is 0. The Kier molecular flexibility index (Phi) is 5.58. The molecular weight excluding hydrogens is 351 g/mol. The number of nitrogens with zero attached hydrogens (tertiary/aromatic N) is 1. The first-order chi connectivity index (χ1) is 12.4. The van der Waals surface area contributed by atoms with Crippen LogP contribution in [0.4, 0.5) is 22.0 Å². The van der Waals surface area contributed by atoms with Crippen LogP contribution < -0.4 is 5.32 Å². The largest absolute Gasteiger partial charge is 0.416 e. The van der Waals surface area contributed by atoms with Gasteiger partial charge in [-0.05, 0) is 36.7 Å². The molecule has 1 atom stereocenters. The highest BCUT2D eigenvalue weighted by Crippen LogP contribution is 2.34. The van der Waals surface area contributed by atoms with Gasteiger partial charge in [0.05, 0.1) is 11.6 Å². The summed E-state index contributed by atoms with van der Waals surface area (Å²) in [5.74, 6) is -1.39. The average molecular weight is 370 g/mol. The molecule has 0 radical (unpaired) electrons. The van der Waals surface area contributed by atoms with Crippen LogP contribution in [0.1, 0.15) is 29.2 Å². The molecule has 0 aromatic heterocycles. The van der Waals surface area contributed by atoms with Crippen molar-refractivity contribution < 1.29 is 22.0 Å². The molecule has 3 rings (SSSR count). The van der Waals surface area contributed by atoms with Crippen LogP contribution in [-0.2, 0) is 6.18 Å². The van der Waals surface area contributed by atoms with Gasteiger partial charge in [-0.3, -0.25) is 4.90 Å². The molecule has 2 aromatic carbocycles. The summed E-state index contributed by atoms with van der Waals surface area (Å²) >= 11 is 0. The maximum atomic E-state index is 14.4. The van der Waals surface area contributed by atoms with Crippen LogP contribution in [0.25, 0.3) is 0 Å². The van der Waals surface area contributed by atoms with Gasteiger partial charge in [0.2, 0.25) is 0 Å². The van der Waals surface area contributed by atoms with Gasteiger partial charge in [-0.2, -0.15) is 13.2 Å². The van der Waals surface area contributed by atoms with Gasteiger partial charge < -0.3 is 5.32 Å². The lowest BCUT2D eigenvalue weighted by Crippen LogP contribution is -2.33. The molecule has 1 saturated heterocycles. The summed E-state index contributed by atoms with van der Waals surface area (Å²) in [4.78, 5) is 2.01. The molecule has 140 valence electrons. The highest BCUT2D eigenvalue weighted by molar-refractivity contribution is 5.35. The summed E-state index contributed by atoms with van der Waals surface area (Å²) in [6.45, 7) is 2.79. The molecule has 1 aliphatic rings. The van der Waals surface area contributed by atoms with Gasteiger partial charge >= 0.3 is 6.18 Å². The number of rotatable bonds is 3. The first-order valence-corrected chi connectivity index (χ1v) is 8.43. The van der Waals surface area contributed by atoms with Gasteiger partial charge in [-0.25, -0.2) is 8.78 Å². The standard InChI is InChI=1S/C19H19F5N2/c20-15-6-7-16(17(21)12-15)18(26-10-1-8-25-9-11-26)13-2-4-14(5-3-13)19(22,23)24/h2-7,12,18,25H,1,8-11H2. The summed E-state index contributed by atoms with van der Waals surface area (Å²) in [5.41, 5.74) is 0.0515. The van der Waals surface area contributed by atoms with Gasteiger partial charge in [0, 0.05) is 31.3 Å². The minimum absolute atomic E-state index is 0.257. The maximum Gasteiger partial charge on any atom is 0.416 e. The summed E-state index contributed by atoms with van der Waals surface area (Å²) < 4.78 is 66.3. The van der Waals surface area contributed by atoms with Crippen molar-refractivity contribution in [3.05, 3.63) is 70.8 Å². The zero-order valence-electron chi connectivity index (χ0n) is 14.0. The van der Waals surface area contributed by atoms with Crippen molar-refractivity contribution in [3.63, 3.8) is 0 Å². The number of hydrogen-bond acceptors (Lipinski definition) is 2. The van der Waals surface area contributed by atoms with Crippen molar-refractivity contribution >= 4 is 0 Å². The minimum atomic E-state index is -4.43. The summed E-state index contributed by atoms with van der Waals surface area (Å²) in [5, 5.41) is 3.24. The van der Waals surface area contributed by atoms with Crippen molar-refractivity contribution in [2.45, 2.75) is 18.6 Å². The lowest BCUT2D eigenvalue weighted by atomic mass is 9.95. The molecule has 0 bridgehead atoms. The molecule has 1 heterocycles. The predicted octanol–water partition coefficient (Wildman–Crippen LogP) is 4.37. The zero-order valence-corrected chi connectivity index (χ0v) is 14.0. The third-order valence-electron chi connectivity index (χ3n) is 4.55. The van der Waals surface area contributed by atoms with E-state index >= 15 is 0 Å². The molecule has 26 heavy (non-hydrogen) atoms. The fraction of sp³-hybridized carbons (Fsp3) is 0.368. The molecule has 0 aliphatic carbocycles. The number of halogens is 5. The van der Waals surface area contributed by atoms with Crippen LogP contribution in [-0.4, -0.2) is 31.1 Å². The average Bonchev–Trinajstić information content (AvgIpc) is 2.86. The summed E-state index contributed by atoms with van der Waals surface area (Å²) in [6.07, 6.45) is -3.60. The first kappa shape index (κ1) is 18.8. The van der Waals surface area contributed by atoms with E-state index in [2.05, 4.69) is 5.32 Å². The maximum absolute atomic E-state index is 14.4. The van der Waals surface area contributed by atoms with Crippen molar-refractivity contribution in [2.24, 2.45) is 0 Å². The van der Waals surface area contributed by atoms with E-state index in [0.29, 0.717) is 25.2 Å². The lowest BCUT2D eigenvalue weighted by Gasteiger charge is -2.31. The fourth-order valence-electron chi connectivity index (χ4n) is 3.29. The highest BCUT2D eigenvalue weighted by Gasteiger charge is 2.31. The van der Waals surface area contributed by atoms with E-state index < -0.39 is 29.4 Å². The molecule has 2 nitrogen and oxygen atoms in total. The minimum Gasteiger partial charge on any atom is -0.315 e. The smallest absolute Gasteiger partial charge is 0.315 e. The molecule has 2 aromatic rings. The Morgan fingerprint density at radius 3 is 2.31 bits per heavy atom. The molecule has 1 fully saturated rings. The van der Waals surface area contributed by atoms with Gasteiger partial charge in [-0.1, -0.05) is 18.2 Å². The predicted molar refractivity (Wildman–Crippen MR) is 88.7 cm³/mol. The molecule has 1 N–H and O–H groups in total. The SMILES string of the molecule is Fc1ccc(C(c2ccc(C(F)(F)F)cc2)N2CCCNCC2)c(F)c1. The topological polar surface area (TPSA) is 15.3 Å². The Bertz CT molecular complexity index is 735. The van der Waals surface area contributed by atoms with Crippen LogP contribution in [0.5, 0.6) is 0 Å². The second-order valence-corrected chi connectivity index (χ2v) is 6.33. The second-order valence-electron chi connectivity index (χ2n) is 6.33. The van der Waals surface area contributed by atoms with Crippen molar-refractivity contribution in [1.82, 2.24) is 10.2 Å². The van der Waals surface area contributed by atoms with Crippen molar-refractivity contribution in [2.75, 3.05) is 26.2 Å². The van der Waals surface area contributed by atoms with E-state index in [1.807, 2.05) is 4.90 Å². The van der Waals surface area contributed by atoms with E-state index in [-0.39, 0.29) is 5.56 Å². The third kappa shape index (κ3) is 4.22. The Balaban J connectivity index is 2.02. The van der Waals surface area contributed by atoms with Gasteiger partial charge in [0.25, 0.3) is 0 Å². The van der Waals surface area contributed by atoms with E-state index in [9.17, 15) is 22.0 Å². The molecule has 7 heteroatoms. The number of alkyl halides is 3. The van der Waals surface area contributed by atoms with E-state index in [4.69, 9.17) is 0 Å². The fourth-order valence-corrected chi connectivity index (χ4v) is 3.29. The quantitative estimate of drug-likeness (QED) is 0.808. The third-order valence-corrected chi connectivity index (χ3v) is 4.55. The zero-order chi connectivity index (χ0) is 18.7. The van der Waals surface area contributed by atoms with Crippen LogP contribution in [0.3, 0.4) is 0 Å². The Morgan fingerprint density at radius 1 is 0.923 bits per heavy atom. The lowest BCUT2D eigenvalue weighted by molar-refractivity contribution is -0.137. The van der Waals surface area contributed by atoms with Crippen LogP contribution in [0.15, 0.2) is 42.5 Å². The molecular formula is C19H19F5N2. The normalized spacial score (nSPS) is 17.7. The first-order valence-electron chi connectivity index (χ1n) is 8.43. The number of nitrogens with one attached hydrogen (secondary N) is 1. The van der Waals surface area contributed by atoms with Crippen LogP contribution >= 0.6 is 0 Å². The molecule has 0 spiro atoms.